The van der Waals surface area contributed by atoms with Crippen LogP contribution in [0.5, 0.6) is 0 Å². The van der Waals surface area contributed by atoms with Crippen LogP contribution in [0.15, 0.2) is 0 Å². The Labute approximate surface area is 108 Å². The minimum absolute atomic E-state index is 0.444. The molecule has 0 heterocycles. The number of nitrogens with one attached hydrogen (secondary N) is 1. The molecule has 1 nitrogen and oxygen atoms in total. The van der Waals surface area contributed by atoms with Crippen LogP contribution in [0.25, 0.3) is 0 Å². The lowest BCUT2D eigenvalue weighted by molar-refractivity contribution is 0.133. The summed E-state index contributed by atoms with van der Waals surface area (Å²) in [4.78, 5) is 0. The first kappa shape index (κ1) is 14.7. The molecule has 0 aliphatic heterocycles. The third-order valence-corrected chi connectivity index (χ3v) is 5.54. The zero-order valence-corrected chi connectivity index (χ0v) is 12.4. The fourth-order valence-corrected chi connectivity index (χ4v) is 3.13. The Hall–Kier alpha value is -0.330. The lowest BCUT2D eigenvalue weighted by Crippen LogP contribution is -2.28. The molecule has 0 aromatic rings. The van der Waals surface area contributed by atoms with Gasteiger partial charge in [-0.1, -0.05) is 53.9 Å². The lowest BCUT2D eigenvalue weighted by atomic mass is 9.67. The Morgan fingerprint density at radius 2 is 1.82 bits per heavy atom. The highest BCUT2D eigenvalue weighted by molar-refractivity contribution is 5.56. The highest BCUT2D eigenvalue weighted by Gasteiger charge is 2.31. The smallest absolute Gasteiger partial charge is 0.00167 e. The predicted molar refractivity (Wildman–Crippen MR) is 76.6 cm³/mol. The molecule has 100 valence electrons. The van der Waals surface area contributed by atoms with E-state index < -0.39 is 0 Å². The molecule has 1 fully saturated rings. The maximum Gasteiger partial charge on any atom is -0.00167 e. The summed E-state index contributed by atoms with van der Waals surface area (Å²) >= 11 is 0. The van der Waals surface area contributed by atoms with Crippen molar-refractivity contribution >= 4 is 6.21 Å². The summed E-state index contributed by atoms with van der Waals surface area (Å²) in [7, 11) is 0. The maximum absolute atomic E-state index is 7.44. The zero-order valence-electron chi connectivity index (χ0n) is 12.4. The van der Waals surface area contributed by atoms with Crippen molar-refractivity contribution in [1.29, 1.82) is 5.41 Å². The van der Waals surface area contributed by atoms with E-state index in [0.29, 0.717) is 17.3 Å². The summed E-state index contributed by atoms with van der Waals surface area (Å²) in [5.41, 5.74) is 0.506. The monoisotopic (exact) mass is 237 g/mol. The van der Waals surface area contributed by atoms with Gasteiger partial charge in [0.2, 0.25) is 0 Å². The van der Waals surface area contributed by atoms with Crippen molar-refractivity contribution in [2.75, 3.05) is 0 Å². The number of rotatable bonds is 3. The van der Waals surface area contributed by atoms with Gasteiger partial charge < -0.3 is 5.41 Å². The molecule has 0 spiro atoms. The minimum Gasteiger partial charge on any atom is -0.313 e. The largest absolute Gasteiger partial charge is 0.313 e. The van der Waals surface area contributed by atoms with Crippen molar-refractivity contribution in [3.8, 4) is 0 Å². The van der Waals surface area contributed by atoms with Gasteiger partial charge >= 0.3 is 0 Å². The minimum atomic E-state index is 0.444. The summed E-state index contributed by atoms with van der Waals surface area (Å²) in [5.74, 6) is 2.81. The van der Waals surface area contributed by atoms with Gasteiger partial charge in [0.15, 0.2) is 0 Å². The van der Waals surface area contributed by atoms with E-state index in [2.05, 4.69) is 34.6 Å². The van der Waals surface area contributed by atoms with E-state index in [1.54, 1.807) is 6.21 Å². The first-order valence-corrected chi connectivity index (χ1v) is 7.39. The normalized spacial score (nSPS) is 33.2. The average molecular weight is 237 g/mol. The van der Waals surface area contributed by atoms with Crippen LogP contribution in [0.3, 0.4) is 0 Å². The molecule has 4 unspecified atom stereocenters. The van der Waals surface area contributed by atoms with Crippen molar-refractivity contribution in [2.24, 2.45) is 29.1 Å². The predicted octanol–water partition coefficient (Wildman–Crippen LogP) is 5.15. The molecule has 1 aliphatic carbocycles. The van der Waals surface area contributed by atoms with E-state index in [-0.39, 0.29) is 0 Å². The van der Waals surface area contributed by atoms with E-state index in [0.717, 1.165) is 11.8 Å². The summed E-state index contributed by atoms with van der Waals surface area (Å²) in [6.45, 7) is 11.8. The molecule has 1 saturated carbocycles. The molecular weight excluding hydrogens is 206 g/mol. The van der Waals surface area contributed by atoms with E-state index in [4.69, 9.17) is 5.41 Å². The van der Waals surface area contributed by atoms with Gasteiger partial charge in [0, 0.05) is 0 Å². The van der Waals surface area contributed by atoms with E-state index in [9.17, 15) is 0 Å². The van der Waals surface area contributed by atoms with Crippen LogP contribution in [0, 0.1) is 34.5 Å². The molecule has 4 atom stereocenters. The maximum atomic E-state index is 7.44. The highest BCUT2D eigenvalue weighted by Crippen LogP contribution is 2.41. The third-order valence-electron chi connectivity index (χ3n) is 5.54. The molecule has 1 heteroatoms. The molecule has 0 amide bonds. The van der Waals surface area contributed by atoms with E-state index in [1.165, 1.54) is 32.1 Å². The Morgan fingerprint density at radius 3 is 2.41 bits per heavy atom. The Morgan fingerprint density at radius 1 is 1.18 bits per heavy atom. The van der Waals surface area contributed by atoms with Crippen LogP contribution < -0.4 is 0 Å². The molecule has 0 aromatic heterocycles. The molecule has 0 aromatic carbocycles. The Bertz CT molecular complexity index is 244. The molecule has 1 rings (SSSR count). The standard InChI is InChI=1S/C16H31N/c1-12(11-17)14(3)15-8-6-7-13(2)16(4,5)10-9-15/h11-15,17H,6-10H2,1-5H3. The second-order valence-electron chi connectivity index (χ2n) is 7.00. The summed E-state index contributed by atoms with van der Waals surface area (Å²) in [6, 6.07) is 0. The molecule has 0 saturated heterocycles. The van der Waals surface area contributed by atoms with Crippen molar-refractivity contribution in [3.63, 3.8) is 0 Å². The first-order valence-electron chi connectivity index (χ1n) is 7.39. The zero-order chi connectivity index (χ0) is 13.1. The van der Waals surface area contributed by atoms with Crippen LogP contribution >= 0.6 is 0 Å². The van der Waals surface area contributed by atoms with Gasteiger partial charge in [0.25, 0.3) is 0 Å². The van der Waals surface area contributed by atoms with Crippen molar-refractivity contribution in [3.05, 3.63) is 0 Å². The fourth-order valence-electron chi connectivity index (χ4n) is 3.13. The quantitative estimate of drug-likeness (QED) is 0.656. The van der Waals surface area contributed by atoms with Crippen LogP contribution in [-0.2, 0) is 0 Å². The summed E-state index contributed by atoms with van der Waals surface area (Å²) < 4.78 is 0. The van der Waals surface area contributed by atoms with Crippen LogP contribution in [0.4, 0.5) is 0 Å². The van der Waals surface area contributed by atoms with Crippen molar-refractivity contribution in [1.82, 2.24) is 0 Å². The number of hydrogen-bond donors (Lipinski definition) is 1. The number of hydrogen-bond acceptors (Lipinski definition) is 1. The van der Waals surface area contributed by atoms with Gasteiger partial charge in [-0.25, -0.2) is 0 Å². The SMILES string of the molecule is CC(C=N)C(C)C1CCCC(C)C(C)(C)CC1. The molecule has 17 heavy (non-hydrogen) atoms. The van der Waals surface area contributed by atoms with Gasteiger partial charge in [-0.15, -0.1) is 0 Å². The summed E-state index contributed by atoms with van der Waals surface area (Å²) in [5, 5.41) is 7.44. The fraction of sp³-hybridized carbons (Fsp3) is 0.938. The third kappa shape index (κ3) is 3.82. The van der Waals surface area contributed by atoms with Gasteiger partial charge in [-0.2, -0.15) is 0 Å². The first-order chi connectivity index (χ1) is 7.88. The molecule has 0 radical (unpaired) electrons. The van der Waals surface area contributed by atoms with Gasteiger partial charge in [-0.05, 0) is 48.1 Å². The molecule has 1 N–H and O–H groups in total. The summed E-state index contributed by atoms with van der Waals surface area (Å²) in [6.07, 6.45) is 8.49. The van der Waals surface area contributed by atoms with Gasteiger partial charge in [0.05, 0.1) is 0 Å². The van der Waals surface area contributed by atoms with Crippen molar-refractivity contribution < 1.29 is 0 Å². The van der Waals surface area contributed by atoms with Crippen LogP contribution in [0.1, 0.15) is 66.7 Å². The molecule has 0 bridgehead atoms. The van der Waals surface area contributed by atoms with E-state index in [1.807, 2.05) is 0 Å². The Kier molecular flexibility index (Phi) is 5.22. The second kappa shape index (κ2) is 6.02. The van der Waals surface area contributed by atoms with Gasteiger partial charge in [0.1, 0.15) is 0 Å². The van der Waals surface area contributed by atoms with Gasteiger partial charge in [-0.3, -0.25) is 0 Å². The molecular formula is C16H31N. The highest BCUT2D eigenvalue weighted by atomic mass is 14.4. The second-order valence-corrected chi connectivity index (χ2v) is 7.00. The van der Waals surface area contributed by atoms with Crippen molar-refractivity contribution in [2.45, 2.75) is 66.7 Å². The van der Waals surface area contributed by atoms with Crippen LogP contribution in [-0.4, -0.2) is 6.21 Å². The van der Waals surface area contributed by atoms with E-state index >= 15 is 0 Å². The molecule has 1 aliphatic rings. The van der Waals surface area contributed by atoms with Crippen LogP contribution in [0.2, 0.25) is 0 Å². The average Bonchev–Trinajstić information content (AvgIpc) is 2.29. The topological polar surface area (TPSA) is 23.9 Å². The lowest BCUT2D eigenvalue weighted by Gasteiger charge is -2.38. The Balaban J connectivity index is 2.62.